The number of hydrogen-bond acceptors (Lipinski definition) is 2. The molecule has 0 spiro atoms. The molecule has 12 heavy (non-hydrogen) atoms. The first-order valence-corrected chi connectivity index (χ1v) is 3.89. The van der Waals surface area contributed by atoms with Gasteiger partial charge in [-0.15, -0.1) is 0 Å². The van der Waals surface area contributed by atoms with Gasteiger partial charge in [-0.25, -0.2) is 4.98 Å². The van der Waals surface area contributed by atoms with Crippen LogP contribution < -0.4 is 5.73 Å². The summed E-state index contributed by atoms with van der Waals surface area (Å²) in [4.78, 5) is 4.36. The second-order valence-electron chi connectivity index (χ2n) is 3.01. The first-order valence-electron chi connectivity index (χ1n) is 3.89. The Labute approximate surface area is 70.8 Å². The van der Waals surface area contributed by atoms with Crippen molar-refractivity contribution in [1.29, 1.82) is 0 Å². The van der Waals surface area contributed by atoms with Gasteiger partial charge in [0.2, 0.25) is 0 Å². The fourth-order valence-electron chi connectivity index (χ4n) is 1.32. The Hall–Kier alpha value is -1.51. The van der Waals surface area contributed by atoms with Crippen molar-refractivity contribution in [1.82, 2.24) is 9.38 Å². The quantitative estimate of drug-likeness (QED) is 0.636. The van der Waals surface area contributed by atoms with Crippen molar-refractivity contribution < 1.29 is 0 Å². The molecule has 2 heterocycles. The molecule has 0 saturated carbocycles. The summed E-state index contributed by atoms with van der Waals surface area (Å²) in [5.74, 6) is 0. The predicted octanol–water partition coefficient (Wildman–Crippen LogP) is 1.53. The van der Waals surface area contributed by atoms with Crippen LogP contribution in [0.4, 0.5) is 5.69 Å². The third-order valence-corrected chi connectivity index (χ3v) is 2.04. The zero-order valence-corrected chi connectivity index (χ0v) is 7.20. The van der Waals surface area contributed by atoms with E-state index in [1.165, 1.54) is 0 Å². The zero-order valence-electron chi connectivity index (χ0n) is 7.20. The third kappa shape index (κ3) is 0.863. The molecule has 0 amide bonds. The second-order valence-corrected chi connectivity index (χ2v) is 3.01. The Morgan fingerprint density at radius 2 is 2.17 bits per heavy atom. The Balaban J connectivity index is 2.89. The summed E-state index contributed by atoms with van der Waals surface area (Å²) < 4.78 is 1.99. The van der Waals surface area contributed by atoms with Gasteiger partial charge in [-0.2, -0.15) is 0 Å². The van der Waals surface area contributed by atoms with Gasteiger partial charge in [-0.05, 0) is 19.9 Å². The first kappa shape index (κ1) is 7.16. The molecule has 0 aromatic carbocycles. The summed E-state index contributed by atoms with van der Waals surface area (Å²) in [5.41, 5.74) is 9.56. The van der Waals surface area contributed by atoms with E-state index in [9.17, 15) is 0 Å². The monoisotopic (exact) mass is 161 g/mol. The molecule has 2 N–H and O–H groups in total. The smallest absolute Gasteiger partial charge is 0.141 e. The maximum Gasteiger partial charge on any atom is 0.141 e. The van der Waals surface area contributed by atoms with Crippen molar-refractivity contribution in [2.24, 2.45) is 0 Å². The van der Waals surface area contributed by atoms with Crippen molar-refractivity contribution in [2.75, 3.05) is 5.73 Å². The van der Waals surface area contributed by atoms with E-state index in [-0.39, 0.29) is 0 Å². The average Bonchev–Trinajstić information content (AvgIpc) is 2.39. The van der Waals surface area contributed by atoms with Gasteiger partial charge in [0, 0.05) is 23.6 Å². The number of imidazole rings is 1. The van der Waals surface area contributed by atoms with Crippen LogP contribution >= 0.6 is 0 Å². The highest BCUT2D eigenvalue weighted by atomic mass is 15.0. The van der Waals surface area contributed by atoms with E-state index < -0.39 is 0 Å². The van der Waals surface area contributed by atoms with Gasteiger partial charge >= 0.3 is 0 Å². The van der Waals surface area contributed by atoms with Crippen LogP contribution in [-0.2, 0) is 0 Å². The van der Waals surface area contributed by atoms with E-state index in [2.05, 4.69) is 4.98 Å². The Morgan fingerprint density at radius 1 is 1.42 bits per heavy atom. The van der Waals surface area contributed by atoms with Crippen molar-refractivity contribution in [3.63, 3.8) is 0 Å². The summed E-state index contributed by atoms with van der Waals surface area (Å²) >= 11 is 0. The lowest BCUT2D eigenvalue weighted by Crippen LogP contribution is -1.93. The molecule has 0 atom stereocenters. The van der Waals surface area contributed by atoms with Crippen LogP contribution in [0.25, 0.3) is 5.65 Å². The average molecular weight is 161 g/mol. The number of aromatic nitrogens is 2. The molecule has 0 bridgehead atoms. The van der Waals surface area contributed by atoms with Crippen LogP contribution in [0.1, 0.15) is 11.3 Å². The molecule has 2 rings (SSSR count). The molecular weight excluding hydrogens is 150 g/mol. The van der Waals surface area contributed by atoms with E-state index >= 15 is 0 Å². The summed E-state index contributed by atoms with van der Waals surface area (Å²) in [7, 11) is 0. The van der Waals surface area contributed by atoms with E-state index in [0.29, 0.717) is 0 Å². The number of hydrogen-bond donors (Lipinski definition) is 1. The SMILES string of the molecule is Cc1cn2ccc(N)c(C)c2n1. The normalized spacial score (nSPS) is 10.8. The van der Waals surface area contributed by atoms with Gasteiger partial charge in [-0.1, -0.05) is 0 Å². The number of rotatable bonds is 0. The Bertz CT molecular complexity index is 429. The molecular formula is C9H11N3. The fourth-order valence-corrected chi connectivity index (χ4v) is 1.32. The van der Waals surface area contributed by atoms with Gasteiger partial charge in [0.25, 0.3) is 0 Å². The van der Waals surface area contributed by atoms with Gasteiger partial charge < -0.3 is 10.1 Å². The number of nitrogens with zero attached hydrogens (tertiary/aromatic N) is 2. The minimum atomic E-state index is 0.799. The molecule has 62 valence electrons. The number of anilines is 1. The largest absolute Gasteiger partial charge is 0.398 e. The van der Waals surface area contributed by atoms with Gasteiger partial charge in [0.15, 0.2) is 0 Å². The molecule has 3 heteroatoms. The molecule has 0 saturated heterocycles. The molecule has 0 aliphatic carbocycles. The first-order chi connectivity index (χ1) is 5.68. The van der Waals surface area contributed by atoms with E-state index in [0.717, 1.165) is 22.6 Å². The van der Waals surface area contributed by atoms with Gasteiger partial charge in [0.05, 0.1) is 5.69 Å². The van der Waals surface area contributed by atoms with Crippen LogP contribution in [0.3, 0.4) is 0 Å². The number of pyridine rings is 1. The highest BCUT2D eigenvalue weighted by Crippen LogP contribution is 2.15. The molecule has 0 aliphatic rings. The summed E-state index contributed by atoms with van der Waals surface area (Å²) in [6.45, 7) is 3.96. The number of aryl methyl sites for hydroxylation is 2. The van der Waals surface area contributed by atoms with Crippen LogP contribution in [-0.4, -0.2) is 9.38 Å². The Morgan fingerprint density at radius 3 is 2.92 bits per heavy atom. The van der Waals surface area contributed by atoms with Crippen molar-refractivity contribution in [3.8, 4) is 0 Å². The second kappa shape index (κ2) is 2.24. The highest BCUT2D eigenvalue weighted by Gasteiger charge is 2.02. The minimum Gasteiger partial charge on any atom is -0.398 e. The van der Waals surface area contributed by atoms with E-state index in [1.54, 1.807) is 0 Å². The topological polar surface area (TPSA) is 43.3 Å². The fraction of sp³-hybridized carbons (Fsp3) is 0.222. The van der Waals surface area contributed by atoms with Crippen LogP contribution in [0.2, 0.25) is 0 Å². The molecule has 3 nitrogen and oxygen atoms in total. The van der Waals surface area contributed by atoms with Gasteiger partial charge in [-0.3, -0.25) is 0 Å². The molecule has 2 aromatic rings. The Kier molecular flexibility index (Phi) is 1.33. The maximum absolute atomic E-state index is 5.74. The highest BCUT2D eigenvalue weighted by molar-refractivity contribution is 5.61. The lowest BCUT2D eigenvalue weighted by Gasteiger charge is -2.00. The van der Waals surface area contributed by atoms with E-state index in [4.69, 9.17) is 5.73 Å². The van der Waals surface area contributed by atoms with Crippen LogP contribution in [0.15, 0.2) is 18.5 Å². The van der Waals surface area contributed by atoms with Crippen LogP contribution in [0.5, 0.6) is 0 Å². The number of fused-ring (bicyclic) bond motifs is 1. The lowest BCUT2D eigenvalue weighted by atomic mass is 10.2. The standard InChI is InChI=1S/C9H11N3/c1-6-5-12-4-3-8(10)7(2)9(12)11-6/h3-5H,10H2,1-2H3. The molecule has 0 radical (unpaired) electrons. The summed E-state index contributed by atoms with van der Waals surface area (Å²) in [6.07, 6.45) is 3.92. The van der Waals surface area contributed by atoms with Crippen molar-refractivity contribution in [2.45, 2.75) is 13.8 Å². The lowest BCUT2D eigenvalue weighted by molar-refractivity contribution is 1.17. The third-order valence-electron chi connectivity index (χ3n) is 2.04. The molecule has 0 unspecified atom stereocenters. The predicted molar refractivity (Wildman–Crippen MR) is 49.1 cm³/mol. The van der Waals surface area contributed by atoms with Crippen molar-refractivity contribution >= 4 is 11.3 Å². The maximum atomic E-state index is 5.74. The van der Waals surface area contributed by atoms with E-state index in [1.807, 2.05) is 36.7 Å². The van der Waals surface area contributed by atoms with Crippen LogP contribution in [0, 0.1) is 13.8 Å². The summed E-state index contributed by atoms with van der Waals surface area (Å²) in [6, 6.07) is 1.89. The molecule has 0 fully saturated rings. The molecule has 2 aromatic heterocycles. The minimum absolute atomic E-state index is 0.799. The number of nitrogen functional groups attached to an aromatic ring is 1. The van der Waals surface area contributed by atoms with Gasteiger partial charge in [0.1, 0.15) is 5.65 Å². The van der Waals surface area contributed by atoms with Crippen molar-refractivity contribution in [3.05, 3.63) is 29.7 Å². The molecule has 0 aliphatic heterocycles. The number of nitrogens with two attached hydrogens (primary N) is 1. The zero-order chi connectivity index (χ0) is 8.72. The summed E-state index contributed by atoms with van der Waals surface area (Å²) in [5, 5.41) is 0.